The zero-order chi connectivity index (χ0) is 18.3. The summed E-state index contributed by atoms with van der Waals surface area (Å²) in [5.74, 6) is -1.46. The van der Waals surface area contributed by atoms with E-state index in [1.54, 1.807) is 36.4 Å². The molecular formula is C19H18O6. The summed E-state index contributed by atoms with van der Waals surface area (Å²) in [5.41, 5.74) is -0.484. The average Bonchev–Trinajstić information content (AvgIpc) is 2.60. The number of esters is 1. The molecule has 0 heterocycles. The Morgan fingerprint density at radius 3 is 2.68 bits per heavy atom. The monoisotopic (exact) mass is 342 g/mol. The third-order valence-electron chi connectivity index (χ3n) is 3.48. The Hall–Kier alpha value is -3.28. The number of allylic oxidation sites excluding steroid dienone is 2. The molecule has 6 nitrogen and oxygen atoms in total. The fraction of sp³-hybridized carbons (Fsp3) is 0.158. The fourth-order valence-corrected chi connectivity index (χ4v) is 2.25. The van der Waals surface area contributed by atoms with Crippen LogP contribution in [0, 0.1) is 0 Å². The van der Waals surface area contributed by atoms with Gasteiger partial charge in [-0.25, -0.2) is 9.59 Å². The number of ether oxygens (including phenoxy) is 2. The van der Waals surface area contributed by atoms with Crippen LogP contribution in [0.2, 0.25) is 0 Å². The number of aliphatic carboxylic acids is 1. The molecule has 0 radical (unpaired) electrons. The van der Waals surface area contributed by atoms with Gasteiger partial charge in [0.1, 0.15) is 0 Å². The van der Waals surface area contributed by atoms with Crippen molar-refractivity contribution in [1.82, 2.24) is 0 Å². The van der Waals surface area contributed by atoms with E-state index in [0.29, 0.717) is 12.0 Å². The number of phenolic OH excluding ortho intramolecular Hbond substituents is 1. The number of aromatic hydroxyl groups is 1. The van der Waals surface area contributed by atoms with Gasteiger partial charge < -0.3 is 19.7 Å². The van der Waals surface area contributed by atoms with E-state index in [1.807, 2.05) is 0 Å². The minimum atomic E-state index is -1.12. The van der Waals surface area contributed by atoms with Gasteiger partial charge in [-0.05, 0) is 35.9 Å². The maximum absolute atomic E-state index is 12.1. The number of methoxy groups -OCH3 is 1. The van der Waals surface area contributed by atoms with Crippen LogP contribution in [-0.2, 0) is 14.3 Å². The topological polar surface area (TPSA) is 93.1 Å². The lowest BCUT2D eigenvalue weighted by Crippen LogP contribution is -2.31. The third-order valence-corrected chi connectivity index (χ3v) is 3.48. The predicted octanol–water partition coefficient (Wildman–Crippen LogP) is 2.85. The van der Waals surface area contributed by atoms with Gasteiger partial charge in [0.15, 0.2) is 17.1 Å². The lowest BCUT2D eigenvalue weighted by Gasteiger charge is -2.27. The Morgan fingerprint density at radius 2 is 2.04 bits per heavy atom. The maximum Gasteiger partial charge on any atom is 0.331 e. The molecule has 1 aliphatic carbocycles. The van der Waals surface area contributed by atoms with Gasteiger partial charge in [0.25, 0.3) is 0 Å². The van der Waals surface area contributed by atoms with E-state index in [0.717, 1.165) is 6.08 Å². The summed E-state index contributed by atoms with van der Waals surface area (Å²) in [6, 6.07) is 4.64. The molecule has 2 N–H and O–H groups in total. The first-order chi connectivity index (χ1) is 11.9. The van der Waals surface area contributed by atoms with Gasteiger partial charge in [0.2, 0.25) is 0 Å². The summed E-state index contributed by atoms with van der Waals surface area (Å²) in [4.78, 5) is 22.9. The van der Waals surface area contributed by atoms with Crippen molar-refractivity contribution < 1.29 is 29.3 Å². The summed E-state index contributed by atoms with van der Waals surface area (Å²) >= 11 is 0. The Bertz CT molecular complexity index is 772. The molecule has 1 aromatic carbocycles. The van der Waals surface area contributed by atoms with Crippen molar-refractivity contribution in [3.63, 3.8) is 0 Å². The molecule has 130 valence electrons. The van der Waals surface area contributed by atoms with Gasteiger partial charge in [-0.3, -0.25) is 0 Å². The third kappa shape index (κ3) is 5.10. The molecule has 0 fully saturated rings. The van der Waals surface area contributed by atoms with Crippen LogP contribution >= 0.6 is 0 Å². The largest absolute Gasteiger partial charge is 0.504 e. The number of hydrogen-bond acceptors (Lipinski definition) is 5. The zero-order valence-corrected chi connectivity index (χ0v) is 13.6. The van der Waals surface area contributed by atoms with Crippen molar-refractivity contribution in [2.24, 2.45) is 0 Å². The van der Waals surface area contributed by atoms with E-state index in [1.165, 1.54) is 31.4 Å². The molecule has 0 saturated carbocycles. The standard InChI is InChI=1S/C19H18O6/c1-24-16-13-14(5-7-15(16)20)6-8-18(23)25-19(12-9-17(21)22)10-3-2-4-11-19/h2-10,12-13,20H,11H2,1H3,(H,21,22)/b8-6+,12-9?. The van der Waals surface area contributed by atoms with Gasteiger partial charge in [0, 0.05) is 18.6 Å². The van der Waals surface area contributed by atoms with Crippen molar-refractivity contribution in [2.75, 3.05) is 7.11 Å². The quantitative estimate of drug-likeness (QED) is 0.610. The number of carboxylic acids is 1. The van der Waals surface area contributed by atoms with E-state index in [-0.39, 0.29) is 11.5 Å². The summed E-state index contributed by atoms with van der Waals surface area (Å²) in [6.45, 7) is 0. The molecule has 0 saturated heterocycles. The van der Waals surface area contributed by atoms with Crippen LogP contribution in [0.25, 0.3) is 6.08 Å². The Morgan fingerprint density at radius 1 is 1.24 bits per heavy atom. The Kier molecular flexibility index (Phi) is 5.79. The van der Waals surface area contributed by atoms with Crippen molar-refractivity contribution in [1.29, 1.82) is 0 Å². The number of carboxylic acid groups (broad SMARTS) is 1. The molecule has 1 aromatic rings. The SMILES string of the molecule is COc1cc(/C=C/C(=O)OC2(C=CC(=O)O)C=CC=CC2)ccc1O. The number of benzene rings is 1. The second kappa shape index (κ2) is 8.01. The molecule has 0 bridgehead atoms. The fourth-order valence-electron chi connectivity index (χ4n) is 2.25. The van der Waals surface area contributed by atoms with Crippen molar-refractivity contribution in [3.8, 4) is 11.5 Å². The van der Waals surface area contributed by atoms with E-state index >= 15 is 0 Å². The summed E-state index contributed by atoms with van der Waals surface area (Å²) in [6.07, 6.45) is 12.3. The normalized spacial score (nSPS) is 19.4. The van der Waals surface area contributed by atoms with Crippen LogP contribution in [0.1, 0.15) is 12.0 Å². The van der Waals surface area contributed by atoms with Crippen LogP contribution in [0.15, 0.2) is 60.7 Å². The molecule has 1 unspecified atom stereocenters. The maximum atomic E-state index is 12.1. The minimum Gasteiger partial charge on any atom is -0.504 e. The van der Waals surface area contributed by atoms with Crippen molar-refractivity contribution in [3.05, 3.63) is 66.3 Å². The molecule has 0 aromatic heterocycles. The van der Waals surface area contributed by atoms with Gasteiger partial charge in [-0.2, -0.15) is 0 Å². The minimum absolute atomic E-state index is 0.000817. The van der Waals surface area contributed by atoms with E-state index in [4.69, 9.17) is 14.6 Å². The second-order valence-corrected chi connectivity index (χ2v) is 5.30. The molecule has 1 aliphatic rings. The number of rotatable bonds is 6. The Balaban J connectivity index is 2.12. The van der Waals surface area contributed by atoms with Crippen LogP contribution in [0.3, 0.4) is 0 Å². The molecule has 1 atom stereocenters. The first-order valence-corrected chi connectivity index (χ1v) is 7.49. The summed E-state index contributed by atoms with van der Waals surface area (Å²) in [7, 11) is 1.43. The molecule has 25 heavy (non-hydrogen) atoms. The molecule has 0 spiro atoms. The van der Waals surface area contributed by atoms with Gasteiger partial charge in [-0.15, -0.1) is 0 Å². The van der Waals surface area contributed by atoms with E-state index < -0.39 is 17.5 Å². The first kappa shape index (κ1) is 18.1. The lowest BCUT2D eigenvalue weighted by atomic mass is 9.94. The summed E-state index contributed by atoms with van der Waals surface area (Å²) < 4.78 is 10.4. The van der Waals surface area contributed by atoms with Crippen LogP contribution in [0.4, 0.5) is 0 Å². The van der Waals surface area contributed by atoms with Gasteiger partial charge in [0.05, 0.1) is 7.11 Å². The van der Waals surface area contributed by atoms with Gasteiger partial charge >= 0.3 is 11.9 Å². The first-order valence-electron chi connectivity index (χ1n) is 7.49. The van der Waals surface area contributed by atoms with Crippen LogP contribution in [-0.4, -0.2) is 34.9 Å². The smallest absolute Gasteiger partial charge is 0.331 e. The van der Waals surface area contributed by atoms with Crippen molar-refractivity contribution >= 4 is 18.0 Å². The van der Waals surface area contributed by atoms with Crippen molar-refractivity contribution in [2.45, 2.75) is 12.0 Å². The molecule has 2 rings (SSSR count). The number of hydrogen-bond donors (Lipinski definition) is 2. The Labute approximate surface area is 145 Å². The lowest BCUT2D eigenvalue weighted by molar-refractivity contribution is -0.145. The molecule has 6 heteroatoms. The highest BCUT2D eigenvalue weighted by molar-refractivity contribution is 5.88. The highest BCUT2D eigenvalue weighted by Crippen LogP contribution is 2.27. The molecular weight excluding hydrogens is 324 g/mol. The van der Waals surface area contributed by atoms with Gasteiger partial charge in [-0.1, -0.05) is 24.3 Å². The second-order valence-electron chi connectivity index (χ2n) is 5.30. The molecule has 0 aliphatic heterocycles. The predicted molar refractivity (Wildman–Crippen MR) is 92.2 cm³/mol. The highest BCUT2D eigenvalue weighted by atomic mass is 16.6. The highest BCUT2D eigenvalue weighted by Gasteiger charge is 2.28. The van der Waals surface area contributed by atoms with Crippen LogP contribution < -0.4 is 4.74 Å². The summed E-state index contributed by atoms with van der Waals surface area (Å²) in [5, 5.41) is 18.4. The van der Waals surface area contributed by atoms with Crippen LogP contribution in [0.5, 0.6) is 11.5 Å². The molecule has 0 amide bonds. The number of carbonyl (C=O) groups is 2. The number of carbonyl (C=O) groups excluding carboxylic acids is 1. The number of phenols is 1. The zero-order valence-electron chi connectivity index (χ0n) is 13.6. The van der Waals surface area contributed by atoms with E-state index in [9.17, 15) is 14.7 Å². The average molecular weight is 342 g/mol. The van der Waals surface area contributed by atoms with E-state index in [2.05, 4.69) is 0 Å².